The number of hydrogen-bond donors (Lipinski definition) is 2. The standard InChI is InChI=1S/C13H20N4O/c1-8(2)7-17-4-3-15-12(13(17)18)16-11-9-5-14-6-10(9)11/h3-4,8-11,14H,5-7H2,1-2H3,(H,15,16). The summed E-state index contributed by atoms with van der Waals surface area (Å²) in [5.74, 6) is 2.34. The Hall–Kier alpha value is -1.36. The number of fused-ring (bicyclic) bond motifs is 1. The molecule has 2 heterocycles. The molecule has 0 bridgehead atoms. The van der Waals surface area contributed by atoms with Crippen LogP contribution in [0.2, 0.25) is 0 Å². The van der Waals surface area contributed by atoms with Gasteiger partial charge in [-0.1, -0.05) is 13.8 Å². The lowest BCUT2D eigenvalue weighted by molar-refractivity contribution is 0.509. The Kier molecular flexibility index (Phi) is 2.86. The molecule has 2 N–H and O–H groups in total. The van der Waals surface area contributed by atoms with Gasteiger partial charge in [-0.25, -0.2) is 4.98 Å². The molecule has 1 aromatic heterocycles. The van der Waals surface area contributed by atoms with Crippen LogP contribution in [-0.4, -0.2) is 28.7 Å². The van der Waals surface area contributed by atoms with Crippen LogP contribution < -0.4 is 16.2 Å². The maximum atomic E-state index is 12.2. The number of aromatic nitrogens is 2. The Bertz CT molecular complexity index is 486. The minimum atomic E-state index is 0.00383. The fourth-order valence-electron chi connectivity index (χ4n) is 2.87. The average Bonchev–Trinajstić information content (AvgIpc) is 2.76. The van der Waals surface area contributed by atoms with Crippen LogP contribution >= 0.6 is 0 Å². The highest BCUT2D eigenvalue weighted by Crippen LogP contribution is 2.43. The topological polar surface area (TPSA) is 59.0 Å². The molecule has 0 spiro atoms. The molecule has 2 atom stereocenters. The molecule has 5 heteroatoms. The van der Waals surface area contributed by atoms with Crippen molar-refractivity contribution in [3.63, 3.8) is 0 Å². The third-order valence-corrected chi connectivity index (χ3v) is 3.87. The number of piperidine rings is 1. The van der Waals surface area contributed by atoms with Crippen LogP contribution in [0.1, 0.15) is 13.8 Å². The van der Waals surface area contributed by atoms with E-state index in [1.807, 2.05) is 0 Å². The first-order valence-electron chi connectivity index (χ1n) is 6.69. The molecule has 1 saturated heterocycles. The molecule has 5 nitrogen and oxygen atoms in total. The van der Waals surface area contributed by atoms with Crippen molar-refractivity contribution in [2.75, 3.05) is 18.4 Å². The number of anilines is 1. The zero-order chi connectivity index (χ0) is 12.7. The normalized spacial score (nSPS) is 29.4. The second-order valence-electron chi connectivity index (χ2n) is 5.78. The van der Waals surface area contributed by atoms with E-state index in [0.717, 1.165) is 19.6 Å². The van der Waals surface area contributed by atoms with Gasteiger partial charge in [-0.05, 0) is 17.8 Å². The molecule has 2 aliphatic rings. The molecule has 0 radical (unpaired) electrons. The van der Waals surface area contributed by atoms with Crippen molar-refractivity contribution < 1.29 is 0 Å². The van der Waals surface area contributed by atoms with Gasteiger partial charge in [0.25, 0.3) is 5.56 Å². The molecular weight excluding hydrogens is 228 g/mol. The van der Waals surface area contributed by atoms with Crippen molar-refractivity contribution in [2.45, 2.75) is 26.4 Å². The molecule has 3 rings (SSSR count). The Morgan fingerprint density at radius 1 is 1.50 bits per heavy atom. The third kappa shape index (κ3) is 2.03. The van der Waals surface area contributed by atoms with Crippen molar-refractivity contribution in [1.82, 2.24) is 14.9 Å². The Labute approximate surface area is 107 Å². The van der Waals surface area contributed by atoms with Gasteiger partial charge in [0.05, 0.1) is 0 Å². The fourth-order valence-corrected chi connectivity index (χ4v) is 2.87. The van der Waals surface area contributed by atoms with Crippen molar-refractivity contribution in [2.24, 2.45) is 17.8 Å². The van der Waals surface area contributed by atoms with Crippen LogP contribution in [0.25, 0.3) is 0 Å². The lowest BCUT2D eigenvalue weighted by Gasteiger charge is -2.11. The van der Waals surface area contributed by atoms with Crippen LogP contribution in [0, 0.1) is 17.8 Å². The lowest BCUT2D eigenvalue weighted by atomic mass is 10.2. The molecule has 1 saturated carbocycles. The zero-order valence-electron chi connectivity index (χ0n) is 10.9. The summed E-state index contributed by atoms with van der Waals surface area (Å²) in [7, 11) is 0. The van der Waals surface area contributed by atoms with Gasteiger partial charge in [-0.15, -0.1) is 0 Å². The van der Waals surface area contributed by atoms with E-state index in [2.05, 4.69) is 29.5 Å². The first-order chi connectivity index (χ1) is 8.66. The minimum absolute atomic E-state index is 0.00383. The second kappa shape index (κ2) is 4.39. The van der Waals surface area contributed by atoms with E-state index in [-0.39, 0.29) is 5.56 Å². The molecule has 98 valence electrons. The van der Waals surface area contributed by atoms with Gasteiger partial charge in [-0.2, -0.15) is 0 Å². The minimum Gasteiger partial charge on any atom is -0.362 e. The van der Waals surface area contributed by atoms with E-state index in [0.29, 0.717) is 29.6 Å². The Morgan fingerprint density at radius 3 is 2.89 bits per heavy atom. The first kappa shape index (κ1) is 11.7. The third-order valence-electron chi connectivity index (χ3n) is 3.87. The smallest absolute Gasteiger partial charge is 0.293 e. The average molecular weight is 248 g/mol. The van der Waals surface area contributed by atoms with E-state index in [4.69, 9.17) is 0 Å². The molecule has 2 fully saturated rings. The summed E-state index contributed by atoms with van der Waals surface area (Å²) in [5.41, 5.74) is 0.00383. The fraction of sp³-hybridized carbons (Fsp3) is 0.692. The maximum Gasteiger partial charge on any atom is 0.293 e. The molecule has 1 aromatic rings. The summed E-state index contributed by atoms with van der Waals surface area (Å²) in [4.78, 5) is 16.4. The van der Waals surface area contributed by atoms with Gasteiger partial charge in [0.2, 0.25) is 0 Å². The number of nitrogens with zero attached hydrogens (tertiary/aromatic N) is 2. The van der Waals surface area contributed by atoms with E-state index < -0.39 is 0 Å². The van der Waals surface area contributed by atoms with E-state index in [9.17, 15) is 4.79 Å². The van der Waals surface area contributed by atoms with Gasteiger partial charge in [0.1, 0.15) is 0 Å². The summed E-state index contributed by atoms with van der Waals surface area (Å²) in [6.45, 7) is 7.09. The number of hydrogen-bond acceptors (Lipinski definition) is 4. The van der Waals surface area contributed by atoms with Crippen LogP contribution in [0.3, 0.4) is 0 Å². The molecule has 18 heavy (non-hydrogen) atoms. The summed E-state index contributed by atoms with van der Waals surface area (Å²) < 4.78 is 1.75. The van der Waals surface area contributed by atoms with Crippen LogP contribution in [0.15, 0.2) is 17.2 Å². The van der Waals surface area contributed by atoms with Gasteiger partial charge < -0.3 is 15.2 Å². The first-order valence-corrected chi connectivity index (χ1v) is 6.69. The molecule has 0 aromatic carbocycles. The van der Waals surface area contributed by atoms with Crippen LogP contribution in [0.4, 0.5) is 5.82 Å². The van der Waals surface area contributed by atoms with Crippen molar-refractivity contribution >= 4 is 5.82 Å². The molecule has 1 aliphatic carbocycles. The predicted molar refractivity (Wildman–Crippen MR) is 70.6 cm³/mol. The van der Waals surface area contributed by atoms with Crippen molar-refractivity contribution in [3.05, 3.63) is 22.7 Å². The van der Waals surface area contributed by atoms with Gasteiger partial charge in [0.15, 0.2) is 5.82 Å². The highest BCUT2D eigenvalue weighted by molar-refractivity contribution is 5.37. The molecule has 2 unspecified atom stereocenters. The Morgan fingerprint density at radius 2 is 2.22 bits per heavy atom. The second-order valence-corrected chi connectivity index (χ2v) is 5.78. The number of rotatable bonds is 4. The van der Waals surface area contributed by atoms with E-state index in [1.54, 1.807) is 17.0 Å². The SMILES string of the molecule is CC(C)Cn1ccnc(NC2C3CNCC32)c1=O. The Balaban J connectivity index is 1.74. The molecule has 1 aliphatic heterocycles. The highest BCUT2D eigenvalue weighted by atomic mass is 16.1. The van der Waals surface area contributed by atoms with Crippen molar-refractivity contribution in [1.29, 1.82) is 0 Å². The zero-order valence-corrected chi connectivity index (χ0v) is 10.9. The molecule has 0 amide bonds. The predicted octanol–water partition coefficient (Wildman–Crippen LogP) is 0.529. The summed E-state index contributed by atoms with van der Waals surface area (Å²) >= 11 is 0. The van der Waals surface area contributed by atoms with Crippen molar-refractivity contribution in [3.8, 4) is 0 Å². The monoisotopic (exact) mass is 248 g/mol. The quantitative estimate of drug-likeness (QED) is 0.816. The van der Waals surface area contributed by atoms with Gasteiger partial charge in [-0.3, -0.25) is 4.79 Å². The largest absolute Gasteiger partial charge is 0.362 e. The van der Waals surface area contributed by atoms with E-state index in [1.165, 1.54) is 0 Å². The summed E-state index contributed by atoms with van der Waals surface area (Å²) in [5, 5.41) is 6.66. The maximum absolute atomic E-state index is 12.2. The molecular formula is C13H20N4O. The van der Waals surface area contributed by atoms with Crippen LogP contribution in [0.5, 0.6) is 0 Å². The highest BCUT2D eigenvalue weighted by Gasteiger charge is 2.53. The summed E-state index contributed by atoms with van der Waals surface area (Å²) in [6.07, 6.45) is 3.48. The van der Waals surface area contributed by atoms with Crippen LogP contribution in [-0.2, 0) is 6.54 Å². The van der Waals surface area contributed by atoms with Gasteiger partial charge in [0, 0.05) is 38.1 Å². The van der Waals surface area contributed by atoms with Gasteiger partial charge >= 0.3 is 0 Å². The van der Waals surface area contributed by atoms with E-state index >= 15 is 0 Å². The lowest BCUT2D eigenvalue weighted by Crippen LogP contribution is -2.29. The summed E-state index contributed by atoms with van der Waals surface area (Å²) in [6, 6.07) is 0.446. The number of nitrogens with one attached hydrogen (secondary N) is 2.